The van der Waals surface area contributed by atoms with Crippen molar-refractivity contribution in [2.75, 3.05) is 5.32 Å². The zero-order chi connectivity index (χ0) is 36.8. The van der Waals surface area contributed by atoms with E-state index in [-0.39, 0.29) is 35.8 Å². The molecule has 2 unspecified atom stereocenters. The number of aliphatic hydroxyl groups excluding tert-OH is 1. The summed E-state index contributed by atoms with van der Waals surface area (Å²) in [7, 11) is 0. The van der Waals surface area contributed by atoms with Gasteiger partial charge in [-0.1, -0.05) is 70.2 Å². The Morgan fingerprint density at radius 3 is 2.66 bits per heavy atom. The van der Waals surface area contributed by atoms with Gasteiger partial charge in [-0.15, -0.1) is 0 Å². The van der Waals surface area contributed by atoms with Crippen LogP contribution in [0.1, 0.15) is 62.1 Å². The zero-order valence-electron chi connectivity index (χ0n) is 29.4. The van der Waals surface area contributed by atoms with E-state index in [1.54, 1.807) is 38.4 Å². The molecule has 9 rings (SSSR count). The van der Waals surface area contributed by atoms with Crippen LogP contribution in [-0.2, 0) is 21.4 Å². The summed E-state index contributed by atoms with van der Waals surface area (Å²) in [5, 5.41) is 31.2. The van der Waals surface area contributed by atoms with Gasteiger partial charge < -0.3 is 44.7 Å². The van der Waals surface area contributed by atoms with Crippen LogP contribution in [-0.4, -0.2) is 55.4 Å². The standard InChI is InChI=1S/C40H38N6O7/c1-18(2)30-38-46-32(37-42-17-29(51-37)22-16-41-31-21(22)8-7-11-27(31)47)34(53-38)40-23-9-5-6-10-25(23)44-39(40)52-28-13-12-20(14-24(28)40)15-26(35(49)45-30)43-36(50)33(48)19(3)4/h5-14,16-19,26,30,33,39,41,44,47-48H,15H2,1-4H3,(H,43,50)(H,45,49)/t26-,30-,33-,39?,40?/m0/s1. The minimum Gasteiger partial charge on any atom is -0.506 e. The first-order valence-electron chi connectivity index (χ1n) is 17.8. The Morgan fingerprint density at radius 2 is 1.85 bits per heavy atom. The van der Waals surface area contributed by atoms with Gasteiger partial charge in [0.15, 0.2) is 23.4 Å². The van der Waals surface area contributed by atoms with Crippen LogP contribution in [0, 0.1) is 11.8 Å². The highest BCUT2D eigenvalue weighted by Gasteiger charge is 2.61. The number of para-hydroxylation sites is 2. The molecule has 6 N–H and O–H groups in total. The van der Waals surface area contributed by atoms with Crippen molar-refractivity contribution >= 4 is 28.4 Å². The molecule has 6 aromatic rings. The topological polar surface area (TPSA) is 188 Å². The van der Waals surface area contributed by atoms with Crippen molar-refractivity contribution < 1.29 is 33.4 Å². The van der Waals surface area contributed by atoms with E-state index in [0.717, 1.165) is 27.8 Å². The van der Waals surface area contributed by atoms with Crippen molar-refractivity contribution in [2.24, 2.45) is 11.8 Å². The summed E-state index contributed by atoms with van der Waals surface area (Å²) in [5.74, 6) is 0.407. The van der Waals surface area contributed by atoms with Crippen LogP contribution in [0.3, 0.4) is 0 Å². The van der Waals surface area contributed by atoms with E-state index < -0.39 is 41.6 Å². The number of benzene rings is 3. The van der Waals surface area contributed by atoms with Crippen LogP contribution in [0.4, 0.5) is 5.69 Å². The number of aromatic amines is 1. The molecule has 13 nitrogen and oxygen atoms in total. The van der Waals surface area contributed by atoms with Gasteiger partial charge in [-0.25, -0.2) is 9.97 Å². The molecule has 0 fully saturated rings. The second-order valence-corrected chi connectivity index (χ2v) is 14.7. The first kappa shape index (κ1) is 32.8. The number of oxazole rings is 2. The van der Waals surface area contributed by atoms with Crippen LogP contribution in [0.2, 0.25) is 0 Å². The summed E-state index contributed by atoms with van der Waals surface area (Å²) in [6, 6.07) is 17.2. The number of carbonyl (C=O) groups is 2. The van der Waals surface area contributed by atoms with Gasteiger partial charge >= 0.3 is 0 Å². The van der Waals surface area contributed by atoms with E-state index in [2.05, 4.69) is 20.9 Å². The predicted molar refractivity (Wildman–Crippen MR) is 194 cm³/mol. The van der Waals surface area contributed by atoms with Crippen molar-refractivity contribution in [1.82, 2.24) is 25.6 Å². The fourth-order valence-electron chi connectivity index (χ4n) is 7.86. The smallest absolute Gasteiger partial charge is 0.249 e. The first-order valence-corrected chi connectivity index (χ1v) is 17.8. The summed E-state index contributed by atoms with van der Waals surface area (Å²) in [5.41, 5.74) is 3.86. The maximum absolute atomic E-state index is 14.1. The van der Waals surface area contributed by atoms with Crippen LogP contribution in [0.15, 0.2) is 81.9 Å². The Hall–Kier alpha value is -6.08. The van der Waals surface area contributed by atoms with Crippen molar-refractivity contribution in [1.29, 1.82) is 0 Å². The molecule has 3 aliphatic rings. The number of H-pyrrole nitrogens is 1. The maximum Gasteiger partial charge on any atom is 0.249 e. The third-order valence-electron chi connectivity index (χ3n) is 10.6. The Bertz CT molecular complexity index is 2430. The summed E-state index contributed by atoms with van der Waals surface area (Å²) in [6.45, 7) is 7.37. The van der Waals surface area contributed by atoms with Crippen LogP contribution >= 0.6 is 0 Å². The predicted octanol–water partition coefficient (Wildman–Crippen LogP) is 5.53. The van der Waals surface area contributed by atoms with Gasteiger partial charge in [0.25, 0.3) is 0 Å². The molecule has 5 atom stereocenters. The molecule has 1 spiro atoms. The number of phenols is 1. The average molecular weight is 715 g/mol. The number of phenolic OH excluding ortho intramolecular Hbond substituents is 1. The summed E-state index contributed by atoms with van der Waals surface area (Å²) < 4.78 is 20.1. The van der Waals surface area contributed by atoms with E-state index in [1.165, 1.54) is 0 Å². The molecule has 53 heavy (non-hydrogen) atoms. The molecular formula is C40H38N6O7. The normalized spacial score (nSPS) is 22.0. The van der Waals surface area contributed by atoms with Gasteiger partial charge in [-0.05, 0) is 41.2 Å². The lowest BCUT2D eigenvalue weighted by molar-refractivity contribution is -0.135. The molecule has 3 aromatic heterocycles. The molecule has 4 bridgehead atoms. The Labute approximate surface area is 303 Å². The number of rotatable bonds is 6. The molecule has 0 saturated heterocycles. The number of ether oxygens (including phenoxy) is 1. The highest BCUT2D eigenvalue weighted by molar-refractivity contribution is 5.97. The lowest BCUT2D eigenvalue weighted by atomic mass is 9.72. The first-order chi connectivity index (χ1) is 25.5. The van der Waals surface area contributed by atoms with Crippen LogP contribution in [0.5, 0.6) is 11.5 Å². The average Bonchev–Trinajstić information content (AvgIpc) is 3.96. The fraction of sp³-hybridized carbons (Fsp3) is 0.300. The Kier molecular flexibility index (Phi) is 7.42. The van der Waals surface area contributed by atoms with Crippen molar-refractivity contribution in [3.63, 3.8) is 0 Å². The summed E-state index contributed by atoms with van der Waals surface area (Å²) in [6.07, 6.45) is 1.59. The number of carbonyl (C=O) groups excluding carboxylic acids is 2. The molecule has 270 valence electrons. The molecule has 0 radical (unpaired) electrons. The third kappa shape index (κ3) is 4.94. The van der Waals surface area contributed by atoms with Gasteiger partial charge in [-0.3, -0.25) is 9.59 Å². The highest BCUT2D eigenvalue weighted by atomic mass is 16.5. The van der Waals surface area contributed by atoms with E-state index >= 15 is 0 Å². The third-order valence-corrected chi connectivity index (χ3v) is 10.6. The number of amides is 2. The number of anilines is 1. The number of nitrogens with one attached hydrogen (secondary N) is 4. The lowest BCUT2D eigenvalue weighted by Crippen LogP contribution is -2.52. The summed E-state index contributed by atoms with van der Waals surface area (Å²) in [4.78, 5) is 40.2. The molecular weight excluding hydrogens is 676 g/mol. The number of nitrogens with zero attached hydrogens (tertiary/aromatic N) is 2. The van der Waals surface area contributed by atoms with E-state index in [4.69, 9.17) is 23.5 Å². The van der Waals surface area contributed by atoms with Gasteiger partial charge in [0.2, 0.25) is 23.6 Å². The molecule has 3 aliphatic heterocycles. The minimum absolute atomic E-state index is 0.116. The van der Waals surface area contributed by atoms with Crippen molar-refractivity contribution in [3.8, 4) is 34.4 Å². The quantitative estimate of drug-likeness (QED) is 0.128. The molecule has 13 heteroatoms. The fourth-order valence-corrected chi connectivity index (χ4v) is 7.86. The Balaban J connectivity index is 1.26. The van der Waals surface area contributed by atoms with Crippen LogP contribution < -0.4 is 20.7 Å². The minimum atomic E-state index is -1.29. The van der Waals surface area contributed by atoms with Gasteiger partial charge in [0, 0.05) is 34.8 Å². The maximum atomic E-state index is 14.1. The van der Waals surface area contributed by atoms with Gasteiger partial charge in [0.05, 0.1) is 11.7 Å². The molecule has 0 saturated carbocycles. The van der Waals surface area contributed by atoms with E-state index in [0.29, 0.717) is 34.0 Å². The number of aliphatic hydroxyl groups is 1. The van der Waals surface area contributed by atoms with Crippen LogP contribution in [0.25, 0.3) is 33.8 Å². The van der Waals surface area contributed by atoms with E-state index in [9.17, 15) is 19.8 Å². The lowest BCUT2D eigenvalue weighted by Gasteiger charge is -2.29. The largest absolute Gasteiger partial charge is 0.506 e. The second kappa shape index (κ2) is 12.0. The number of hydrogen-bond donors (Lipinski definition) is 6. The second-order valence-electron chi connectivity index (χ2n) is 14.7. The SMILES string of the molecule is CC(C)[C@H](O)C(=O)N[C@H]1Cc2ccc3c(c2)C2(c4ccccc4NC2O3)c2oc(nc2-c2ncc(-c3c[nH]c4c(O)cccc34)o2)[C@H](C(C)C)NC1=O. The number of aromatic hydroxyl groups is 1. The molecule has 0 aliphatic carbocycles. The van der Waals surface area contributed by atoms with E-state index in [1.807, 2.05) is 62.4 Å². The zero-order valence-corrected chi connectivity index (χ0v) is 29.4. The number of hydrogen-bond acceptors (Lipinski definition) is 10. The molecule has 3 aromatic carbocycles. The number of fused-ring (bicyclic) bond motifs is 5. The van der Waals surface area contributed by atoms with Gasteiger partial charge in [0.1, 0.15) is 35.1 Å². The highest BCUT2D eigenvalue weighted by Crippen LogP contribution is 2.59. The van der Waals surface area contributed by atoms with Crippen molar-refractivity contribution in [3.05, 3.63) is 101 Å². The van der Waals surface area contributed by atoms with Gasteiger partial charge in [-0.2, -0.15) is 0 Å². The number of aromatic nitrogens is 3. The summed E-state index contributed by atoms with van der Waals surface area (Å²) >= 11 is 0. The molecule has 2 amide bonds. The monoisotopic (exact) mass is 714 g/mol. The van der Waals surface area contributed by atoms with Crippen molar-refractivity contribution in [2.45, 2.75) is 63.9 Å². The Morgan fingerprint density at radius 1 is 1.02 bits per heavy atom. The molecule has 6 heterocycles.